The first kappa shape index (κ1) is 12.6. The summed E-state index contributed by atoms with van der Waals surface area (Å²) < 4.78 is 0. The first-order valence-electron chi connectivity index (χ1n) is 5.69. The second kappa shape index (κ2) is 5.23. The number of aromatic carboxylic acids is 1. The van der Waals surface area contributed by atoms with Gasteiger partial charge in [0.1, 0.15) is 4.88 Å². The second-order valence-electron chi connectivity index (χ2n) is 4.24. The lowest BCUT2D eigenvalue weighted by Gasteiger charge is -2.05. The predicted molar refractivity (Wildman–Crippen MR) is 74.5 cm³/mol. The van der Waals surface area contributed by atoms with E-state index in [1.54, 1.807) is 6.07 Å². The first-order chi connectivity index (χ1) is 8.56. The normalized spacial score (nSPS) is 10.3. The molecule has 1 heterocycles. The van der Waals surface area contributed by atoms with Crippen LogP contribution in [0.5, 0.6) is 0 Å². The summed E-state index contributed by atoms with van der Waals surface area (Å²) in [5, 5.41) is 12.2. The molecule has 0 saturated heterocycles. The summed E-state index contributed by atoms with van der Waals surface area (Å²) in [5.74, 6) is -0.857. The van der Waals surface area contributed by atoms with Crippen LogP contribution in [0.15, 0.2) is 30.3 Å². The molecule has 1 aromatic heterocycles. The molecule has 4 heteroatoms. The fourth-order valence-electron chi connectivity index (χ4n) is 1.65. The maximum Gasteiger partial charge on any atom is 0.345 e. The van der Waals surface area contributed by atoms with Crippen molar-refractivity contribution in [3.63, 3.8) is 0 Å². The SMILES string of the molecule is Cc1ccc(NCc2sc(C(=O)O)cc2C)cc1. The van der Waals surface area contributed by atoms with Gasteiger partial charge in [0, 0.05) is 17.1 Å². The quantitative estimate of drug-likeness (QED) is 0.882. The minimum atomic E-state index is -0.857. The third kappa shape index (κ3) is 2.90. The van der Waals surface area contributed by atoms with E-state index < -0.39 is 5.97 Å². The zero-order chi connectivity index (χ0) is 13.1. The molecule has 0 spiro atoms. The molecule has 0 radical (unpaired) electrons. The van der Waals surface area contributed by atoms with E-state index in [0.29, 0.717) is 11.4 Å². The molecule has 0 saturated carbocycles. The minimum absolute atomic E-state index is 0.396. The van der Waals surface area contributed by atoms with Crippen molar-refractivity contribution < 1.29 is 9.90 Å². The van der Waals surface area contributed by atoms with Gasteiger partial charge in [-0.1, -0.05) is 17.7 Å². The summed E-state index contributed by atoms with van der Waals surface area (Å²) >= 11 is 1.33. The van der Waals surface area contributed by atoms with Gasteiger partial charge in [-0.2, -0.15) is 0 Å². The minimum Gasteiger partial charge on any atom is -0.477 e. The van der Waals surface area contributed by atoms with E-state index in [-0.39, 0.29) is 0 Å². The van der Waals surface area contributed by atoms with Gasteiger partial charge in [-0.05, 0) is 37.6 Å². The molecule has 0 amide bonds. The lowest BCUT2D eigenvalue weighted by Crippen LogP contribution is -1.98. The number of thiophene rings is 1. The Balaban J connectivity index is 2.06. The number of anilines is 1. The number of hydrogen-bond acceptors (Lipinski definition) is 3. The Morgan fingerprint density at radius 2 is 1.94 bits per heavy atom. The van der Waals surface area contributed by atoms with Gasteiger partial charge in [-0.25, -0.2) is 4.79 Å². The van der Waals surface area contributed by atoms with Crippen LogP contribution >= 0.6 is 11.3 Å². The van der Waals surface area contributed by atoms with Gasteiger partial charge in [-0.3, -0.25) is 0 Å². The molecule has 2 N–H and O–H groups in total. The van der Waals surface area contributed by atoms with E-state index in [9.17, 15) is 4.79 Å². The van der Waals surface area contributed by atoms with Crippen LogP contribution in [0.4, 0.5) is 5.69 Å². The van der Waals surface area contributed by atoms with Crippen molar-refractivity contribution in [2.75, 3.05) is 5.32 Å². The van der Waals surface area contributed by atoms with E-state index in [0.717, 1.165) is 16.1 Å². The van der Waals surface area contributed by atoms with Crippen molar-refractivity contribution in [1.29, 1.82) is 0 Å². The number of carboxylic acid groups (broad SMARTS) is 1. The lowest BCUT2D eigenvalue weighted by molar-refractivity contribution is 0.0702. The van der Waals surface area contributed by atoms with Crippen LogP contribution in [0, 0.1) is 13.8 Å². The predicted octanol–water partition coefficient (Wildman–Crippen LogP) is 3.68. The van der Waals surface area contributed by atoms with Crippen LogP contribution < -0.4 is 5.32 Å². The monoisotopic (exact) mass is 261 g/mol. The molecule has 0 fully saturated rings. The maximum absolute atomic E-state index is 10.9. The molecule has 0 atom stereocenters. The van der Waals surface area contributed by atoms with Crippen LogP contribution in [0.3, 0.4) is 0 Å². The number of benzene rings is 1. The van der Waals surface area contributed by atoms with Gasteiger partial charge in [0.25, 0.3) is 0 Å². The van der Waals surface area contributed by atoms with E-state index in [2.05, 4.69) is 5.32 Å². The molecule has 0 aliphatic rings. The first-order valence-corrected chi connectivity index (χ1v) is 6.51. The van der Waals surface area contributed by atoms with Crippen molar-refractivity contribution in [1.82, 2.24) is 0 Å². The number of hydrogen-bond donors (Lipinski definition) is 2. The third-order valence-electron chi connectivity index (χ3n) is 2.74. The summed E-state index contributed by atoms with van der Waals surface area (Å²) in [6.07, 6.45) is 0. The van der Waals surface area contributed by atoms with Crippen molar-refractivity contribution in [2.24, 2.45) is 0 Å². The van der Waals surface area contributed by atoms with Crippen LogP contribution in [0.25, 0.3) is 0 Å². The highest BCUT2D eigenvalue weighted by Crippen LogP contribution is 2.23. The molecule has 3 nitrogen and oxygen atoms in total. The molecule has 0 unspecified atom stereocenters. The zero-order valence-electron chi connectivity index (χ0n) is 10.4. The highest BCUT2D eigenvalue weighted by atomic mass is 32.1. The average molecular weight is 261 g/mol. The zero-order valence-corrected chi connectivity index (χ0v) is 11.2. The number of carbonyl (C=O) groups is 1. The number of carboxylic acids is 1. The van der Waals surface area contributed by atoms with Gasteiger partial charge < -0.3 is 10.4 Å². The lowest BCUT2D eigenvalue weighted by atomic mass is 10.2. The topological polar surface area (TPSA) is 49.3 Å². The van der Waals surface area contributed by atoms with Crippen LogP contribution in [-0.4, -0.2) is 11.1 Å². The Labute approximate surface area is 110 Å². The summed E-state index contributed by atoms with van der Waals surface area (Å²) in [6, 6.07) is 9.87. The van der Waals surface area contributed by atoms with Gasteiger partial charge >= 0.3 is 5.97 Å². The Hall–Kier alpha value is -1.81. The number of aryl methyl sites for hydroxylation is 2. The van der Waals surface area contributed by atoms with Crippen molar-refractivity contribution in [3.8, 4) is 0 Å². The summed E-state index contributed by atoms with van der Waals surface area (Å²) in [5.41, 5.74) is 3.29. The Bertz CT molecular complexity index is 558. The molecule has 2 aromatic rings. The second-order valence-corrected chi connectivity index (χ2v) is 5.38. The summed E-state index contributed by atoms with van der Waals surface area (Å²) in [7, 11) is 0. The number of rotatable bonds is 4. The van der Waals surface area contributed by atoms with Gasteiger partial charge in [0.15, 0.2) is 0 Å². The molecule has 0 bridgehead atoms. The molecule has 18 heavy (non-hydrogen) atoms. The van der Waals surface area contributed by atoms with E-state index >= 15 is 0 Å². The molecule has 1 aromatic carbocycles. The molecular weight excluding hydrogens is 246 g/mol. The third-order valence-corrected chi connectivity index (χ3v) is 3.96. The highest BCUT2D eigenvalue weighted by molar-refractivity contribution is 7.14. The van der Waals surface area contributed by atoms with Gasteiger partial charge in [0.05, 0.1) is 0 Å². The van der Waals surface area contributed by atoms with Crippen LogP contribution in [-0.2, 0) is 6.54 Å². The van der Waals surface area contributed by atoms with E-state index in [4.69, 9.17) is 5.11 Å². The van der Waals surface area contributed by atoms with Crippen LogP contribution in [0.1, 0.15) is 25.7 Å². The van der Waals surface area contributed by atoms with Crippen molar-refractivity contribution in [2.45, 2.75) is 20.4 Å². The Kier molecular flexibility index (Phi) is 3.67. The standard InChI is InChI=1S/C14H15NO2S/c1-9-3-5-11(6-4-9)15-8-13-10(2)7-12(18-13)14(16)17/h3-7,15H,8H2,1-2H3,(H,16,17). The Morgan fingerprint density at radius 1 is 1.28 bits per heavy atom. The summed E-state index contributed by atoms with van der Waals surface area (Å²) in [4.78, 5) is 12.3. The van der Waals surface area contributed by atoms with Crippen molar-refractivity contribution in [3.05, 3.63) is 51.2 Å². The number of nitrogens with one attached hydrogen (secondary N) is 1. The molecule has 2 rings (SSSR count). The largest absolute Gasteiger partial charge is 0.477 e. The highest BCUT2D eigenvalue weighted by Gasteiger charge is 2.10. The molecule has 0 aliphatic heterocycles. The van der Waals surface area contributed by atoms with Crippen LogP contribution in [0.2, 0.25) is 0 Å². The smallest absolute Gasteiger partial charge is 0.345 e. The maximum atomic E-state index is 10.9. The summed E-state index contributed by atoms with van der Waals surface area (Å²) in [6.45, 7) is 4.65. The molecule has 0 aliphatic carbocycles. The van der Waals surface area contributed by atoms with E-state index in [1.165, 1.54) is 16.9 Å². The van der Waals surface area contributed by atoms with E-state index in [1.807, 2.05) is 38.1 Å². The van der Waals surface area contributed by atoms with Gasteiger partial charge in [-0.15, -0.1) is 11.3 Å². The van der Waals surface area contributed by atoms with Gasteiger partial charge in [0.2, 0.25) is 0 Å². The Morgan fingerprint density at radius 3 is 2.50 bits per heavy atom. The fraction of sp³-hybridized carbons (Fsp3) is 0.214. The average Bonchev–Trinajstić information content (AvgIpc) is 2.70. The molecular formula is C14H15NO2S. The fourth-order valence-corrected chi connectivity index (χ4v) is 2.61. The molecule has 94 valence electrons. The van der Waals surface area contributed by atoms with Crippen molar-refractivity contribution >= 4 is 23.0 Å².